The first-order valence-electron chi connectivity index (χ1n) is 8.62. The monoisotopic (exact) mass is 403 g/mol. The number of fused-ring (bicyclic) bond motifs is 1. The Hall–Kier alpha value is -2.65. The fourth-order valence-corrected chi connectivity index (χ4v) is 3.68. The third kappa shape index (κ3) is 3.35. The number of rotatable bonds is 5. The summed E-state index contributed by atoms with van der Waals surface area (Å²) in [6.45, 7) is 0. The lowest BCUT2D eigenvalue weighted by molar-refractivity contribution is 0.0978. The van der Waals surface area contributed by atoms with Crippen molar-refractivity contribution in [3.8, 4) is 0 Å². The largest absolute Gasteiger partial charge is 0.361 e. The predicted molar refractivity (Wildman–Crippen MR) is 110 cm³/mol. The summed E-state index contributed by atoms with van der Waals surface area (Å²) in [5.74, 6) is 0.163. The van der Waals surface area contributed by atoms with Gasteiger partial charge in [0.15, 0.2) is 5.78 Å². The van der Waals surface area contributed by atoms with Gasteiger partial charge in [0, 0.05) is 39.5 Å². The van der Waals surface area contributed by atoms with Crippen molar-refractivity contribution in [1.29, 1.82) is 0 Å². The van der Waals surface area contributed by atoms with Gasteiger partial charge in [0.05, 0.1) is 0 Å². The first-order valence-corrected chi connectivity index (χ1v) is 9.41. The molecule has 0 amide bonds. The Balaban J connectivity index is 1.77. The Kier molecular flexibility index (Phi) is 4.72. The highest BCUT2D eigenvalue weighted by molar-refractivity contribution is 9.10. The summed E-state index contributed by atoms with van der Waals surface area (Å²) >= 11 is 3.50. The summed E-state index contributed by atoms with van der Waals surface area (Å²) in [7, 11) is 0. The maximum atomic E-state index is 12.9. The first-order chi connectivity index (χ1) is 12.7. The lowest BCUT2D eigenvalue weighted by Gasteiger charge is -2.17. The summed E-state index contributed by atoms with van der Waals surface area (Å²) in [5.41, 5.74) is 4.15. The van der Waals surface area contributed by atoms with E-state index in [1.54, 1.807) is 0 Å². The summed E-state index contributed by atoms with van der Waals surface area (Å²) in [4.78, 5) is 16.2. The molecule has 0 saturated carbocycles. The number of halogens is 1. The average molecular weight is 404 g/mol. The van der Waals surface area contributed by atoms with Crippen molar-refractivity contribution in [1.82, 2.24) is 4.98 Å². The molecule has 0 spiro atoms. The van der Waals surface area contributed by atoms with Crippen LogP contribution in [0, 0.1) is 0 Å². The average Bonchev–Trinajstić information content (AvgIpc) is 3.11. The fraction of sp³-hybridized carbons (Fsp3) is 0.0870. The number of benzene rings is 3. The first kappa shape index (κ1) is 16.8. The van der Waals surface area contributed by atoms with E-state index in [1.807, 2.05) is 60.8 Å². The zero-order valence-electron chi connectivity index (χ0n) is 14.2. The molecule has 0 aliphatic heterocycles. The molecule has 1 atom stereocenters. The third-order valence-corrected chi connectivity index (χ3v) is 5.28. The Bertz CT molecular complexity index is 1030. The van der Waals surface area contributed by atoms with E-state index in [0.717, 1.165) is 26.7 Å². The predicted octanol–water partition coefficient (Wildman–Crippen LogP) is 6.34. The minimum atomic E-state index is 0.00644. The van der Waals surface area contributed by atoms with Crippen LogP contribution in [0.3, 0.4) is 0 Å². The number of nitrogens with one attached hydrogen (secondary N) is 1. The van der Waals surface area contributed by atoms with E-state index in [9.17, 15) is 4.79 Å². The van der Waals surface area contributed by atoms with Gasteiger partial charge in [0.2, 0.25) is 0 Å². The Morgan fingerprint density at radius 3 is 2.35 bits per heavy atom. The van der Waals surface area contributed by atoms with Crippen molar-refractivity contribution in [2.75, 3.05) is 0 Å². The highest BCUT2D eigenvalue weighted by atomic mass is 79.9. The van der Waals surface area contributed by atoms with Crippen LogP contribution in [0.1, 0.15) is 33.8 Å². The molecule has 1 unspecified atom stereocenters. The van der Waals surface area contributed by atoms with Crippen molar-refractivity contribution in [2.45, 2.75) is 12.3 Å². The second-order valence-corrected chi connectivity index (χ2v) is 7.30. The van der Waals surface area contributed by atoms with Crippen LogP contribution in [0.5, 0.6) is 0 Å². The van der Waals surface area contributed by atoms with Gasteiger partial charge in [-0.2, -0.15) is 0 Å². The van der Waals surface area contributed by atoms with Gasteiger partial charge in [-0.25, -0.2) is 0 Å². The number of ketones is 1. The lowest BCUT2D eigenvalue weighted by Crippen LogP contribution is -2.09. The highest BCUT2D eigenvalue weighted by Crippen LogP contribution is 2.34. The van der Waals surface area contributed by atoms with Gasteiger partial charge in [-0.15, -0.1) is 0 Å². The number of para-hydroxylation sites is 1. The molecule has 3 heteroatoms. The van der Waals surface area contributed by atoms with Crippen LogP contribution < -0.4 is 0 Å². The minimum Gasteiger partial charge on any atom is -0.361 e. The van der Waals surface area contributed by atoms with Gasteiger partial charge in [-0.05, 0) is 29.3 Å². The van der Waals surface area contributed by atoms with E-state index in [1.165, 1.54) is 5.39 Å². The summed E-state index contributed by atoms with van der Waals surface area (Å²) < 4.78 is 1.04. The van der Waals surface area contributed by atoms with E-state index in [-0.39, 0.29) is 11.7 Å². The molecule has 26 heavy (non-hydrogen) atoms. The van der Waals surface area contributed by atoms with Gasteiger partial charge in [-0.3, -0.25) is 4.79 Å². The molecule has 0 aliphatic rings. The molecule has 0 bridgehead atoms. The van der Waals surface area contributed by atoms with Gasteiger partial charge < -0.3 is 4.98 Å². The fourth-order valence-electron chi connectivity index (χ4n) is 3.41. The third-order valence-electron chi connectivity index (χ3n) is 4.75. The van der Waals surface area contributed by atoms with E-state index >= 15 is 0 Å². The standard InChI is InChI=1S/C23H18BrNO/c24-18-12-10-16(11-13-18)20(14-23(26)17-6-2-1-3-7-17)21-15-25-22-9-5-4-8-19(21)22/h1-13,15,20,25H,14H2. The molecule has 1 heterocycles. The van der Waals surface area contributed by atoms with Crippen molar-refractivity contribution in [3.05, 3.63) is 106 Å². The van der Waals surface area contributed by atoms with Crippen LogP contribution >= 0.6 is 15.9 Å². The number of aromatic nitrogens is 1. The topological polar surface area (TPSA) is 32.9 Å². The molecule has 3 aromatic carbocycles. The van der Waals surface area contributed by atoms with Gasteiger partial charge in [-0.1, -0.05) is 76.6 Å². The van der Waals surface area contributed by atoms with Crippen LogP contribution in [0.15, 0.2) is 89.5 Å². The second kappa shape index (κ2) is 7.30. The number of hydrogen-bond acceptors (Lipinski definition) is 1. The van der Waals surface area contributed by atoms with E-state index < -0.39 is 0 Å². The van der Waals surface area contributed by atoms with E-state index in [2.05, 4.69) is 45.2 Å². The molecule has 0 saturated heterocycles. The molecular formula is C23H18BrNO. The van der Waals surface area contributed by atoms with Gasteiger partial charge >= 0.3 is 0 Å². The number of H-pyrrole nitrogens is 1. The molecule has 0 radical (unpaired) electrons. The zero-order valence-corrected chi connectivity index (χ0v) is 15.7. The lowest BCUT2D eigenvalue weighted by atomic mass is 9.85. The summed E-state index contributed by atoms with van der Waals surface area (Å²) in [5, 5.41) is 1.17. The zero-order chi connectivity index (χ0) is 17.9. The minimum absolute atomic E-state index is 0.00644. The molecule has 128 valence electrons. The van der Waals surface area contributed by atoms with E-state index in [4.69, 9.17) is 0 Å². The normalized spacial score (nSPS) is 12.2. The molecule has 4 rings (SSSR count). The SMILES string of the molecule is O=C(CC(c1ccc(Br)cc1)c1c[nH]c2ccccc12)c1ccccc1. The van der Waals surface area contributed by atoms with Crippen molar-refractivity contribution in [3.63, 3.8) is 0 Å². The van der Waals surface area contributed by atoms with Crippen molar-refractivity contribution in [2.24, 2.45) is 0 Å². The molecule has 4 aromatic rings. The van der Waals surface area contributed by atoms with Crippen molar-refractivity contribution < 1.29 is 4.79 Å². The number of carbonyl (C=O) groups excluding carboxylic acids is 1. The molecule has 0 aliphatic carbocycles. The summed E-state index contributed by atoms with van der Waals surface area (Å²) in [6.07, 6.45) is 2.48. The van der Waals surface area contributed by atoms with Crippen LogP contribution in [-0.2, 0) is 0 Å². The molecule has 2 nitrogen and oxygen atoms in total. The van der Waals surface area contributed by atoms with E-state index in [0.29, 0.717) is 6.42 Å². The quantitative estimate of drug-likeness (QED) is 0.387. The second-order valence-electron chi connectivity index (χ2n) is 6.39. The smallest absolute Gasteiger partial charge is 0.163 e. The van der Waals surface area contributed by atoms with Crippen molar-refractivity contribution >= 4 is 32.6 Å². The number of hydrogen-bond donors (Lipinski definition) is 1. The molecule has 1 N–H and O–H groups in total. The number of carbonyl (C=O) groups is 1. The number of Topliss-reactive ketones (excluding diaryl/α,β-unsaturated/α-hetero) is 1. The Labute approximate surface area is 161 Å². The van der Waals surface area contributed by atoms with Crippen LogP contribution in [0.2, 0.25) is 0 Å². The Morgan fingerprint density at radius 1 is 0.885 bits per heavy atom. The summed E-state index contributed by atoms with van der Waals surface area (Å²) in [6, 6.07) is 26.0. The molecule has 1 aromatic heterocycles. The molecule has 0 fully saturated rings. The van der Waals surface area contributed by atoms with Crippen LogP contribution in [0.25, 0.3) is 10.9 Å². The Morgan fingerprint density at radius 2 is 1.58 bits per heavy atom. The molecular weight excluding hydrogens is 386 g/mol. The maximum absolute atomic E-state index is 12.9. The van der Waals surface area contributed by atoms with Gasteiger partial charge in [0.1, 0.15) is 0 Å². The van der Waals surface area contributed by atoms with Crippen LogP contribution in [-0.4, -0.2) is 10.8 Å². The highest BCUT2D eigenvalue weighted by Gasteiger charge is 2.22. The van der Waals surface area contributed by atoms with Gasteiger partial charge in [0.25, 0.3) is 0 Å². The maximum Gasteiger partial charge on any atom is 0.163 e. The van der Waals surface area contributed by atoms with Crippen LogP contribution in [0.4, 0.5) is 0 Å². The number of aromatic amines is 1.